The normalized spacial score (nSPS) is 14.4. The molecule has 0 amide bonds. The lowest BCUT2D eigenvalue weighted by Crippen LogP contribution is -2.16. The summed E-state index contributed by atoms with van der Waals surface area (Å²) in [6.07, 6.45) is 0. The molecule has 0 atom stereocenters. The van der Waals surface area contributed by atoms with E-state index in [4.69, 9.17) is 0 Å². The fourth-order valence-electron chi connectivity index (χ4n) is 10.1. The Bertz CT molecular complexity index is 3030. The zero-order chi connectivity index (χ0) is 37.8. The van der Waals surface area contributed by atoms with Gasteiger partial charge in [-0.05, 0) is 87.0 Å². The number of benzene rings is 8. The van der Waals surface area contributed by atoms with Crippen LogP contribution in [-0.4, -0.2) is 4.57 Å². The Kier molecular flexibility index (Phi) is 6.98. The fourth-order valence-corrected chi connectivity index (χ4v) is 10.1. The fraction of sp³-hybridized carbons (Fsp3) is 0.111. The Morgan fingerprint density at radius 3 is 1.79 bits per heavy atom. The van der Waals surface area contributed by atoms with Crippen LogP contribution >= 0.6 is 0 Å². The van der Waals surface area contributed by atoms with Crippen molar-refractivity contribution in [3.63, 3.8) is 0 Å². The van der Waals surface area contributed by atoms with Crippen LogP contribution in [0.5, 0.6) is 0 Å². The van der Waals surface area contributed by atoms with Gasteiger partial charge in [0.25, 0.3) is 0 Å². The highest BCUT2D eigenvalue weighted by atomic mass is 15.1. The molecule has 8 aromatic carbocycles. The highest BCUT2D eigenvalue weighted by Gasteiger charge is 2.39. The maximum Gasteiger partial charge on any atom is 0.0562 e. The van der Waals surface area contributed by atoms with Crippen LogP contribution in [0.2, 0.25) is 0 Å². The van der Waals surface area contributed by atoms with E-state index in [1.54, 1.807) is 0 Å². The molecule has 9 aromatic rings. The summed E-state index contributed by atoms with van der Waals surface area (Å²) in [6.45, 7) is 9.46. The van der Waals surface area contributed by atoms with Crippen molar-refractivity contribution >= 4 is 38.9 Å². The summed E-state index contributed by atoms with van der Waals surface area (Å²) in [7, 11) is 0. The largest absolute Gasteiger partial charge is 0.310 e. The van der Waals surface area contributed by atoms with Gasteiger partial charge < -0.3 is 9.47 Å². The van der Waals surface area contributed by atoms with Gasteiger partial charge in [-0.3, -0.25) is 0 Å². The van der Waals surface area contributed by atoms with E-state index in [1.807, 2.05) is 0 Å². The van der Waals surface area contributed by atoms with Crippen molar-refractivity contribution in [2.24, 2.45) is 0 Å². The van der Waals surface area contributed by atoms with Crippen molar-refractivity contribution in [3.8, 4) is 39.1 Å². The highest BCUT2D eigenvalue weighted by Crippen LogP contribution is 2.56. The molecule has 0 bridgehead atoms. The van der Waals surface area contributed by atoms with E-state index in [2.05, 4.69) is 219 Å². The molecular weight excluding hydrogens is 677 g/mol. The molecule has 0 aliphatic heterocycles. The van der Waals surface area contributed by atoms with Gasteiger partial charge in [0.15, 0.2) is 0 Å². The number of anilines is 3. The lowest BCUT2D eigenvalue weighted by atomic mass is 9.82. The summed E-state index contributed by atoms with van der Waals surface area (Å²) in [6, 6.07) is 67.6. The molecule has 0 N–H and O–H groups in total. The number of hydrogen-bond acceptors (Lipinski definition) is 1. The Hall–Kier alpha value is -6.64. The topological polar surface area (TPSA) is 8.17 Å². The summed E-state index contributed by atoms with van der Waals surface area (Å²) in [5, 5.41) is 2.48. The zero-order valence-electron chi connectivity index (χ0n) is 32.2. The SMILES string of the molecule is CC1(C)c2ccccc2-c2cc(N(c3ccc4c5ccccc5n(-c5ccccc5-c5ccccc5)c4c3)c3cccc4c3-c3ccccc3C4(C)C)ccc21. The molecule has 0 spiro atoms. The first-order chi connectivity index (χ1) is 27.3. The highest BCUT2D eigenvalue weighted by molar-refractivity contribution is 6.11. The lowest BCUT2D eigenvalue weighted by molar-refractivity contribution is 0.660. The van der Waals surface area contributed by atoms with Crippen LogP contribution in [0.4, 0.5) is 17.1 Å². The van der Waals surface area contributed by atoms with Gasteiger partial charge in [-0.1, -0.05) is 167 Å². The first kappa shape index (κ1) is 32.8. The van der Waals surface area contributed by atoms with E-state index in [0.717, 1.165) is 11.4 Å². The van der Waals surface area contributed by atoms with E-state index in [-0.39, 0.29) is 10.8 Å². The minimum atomic E-state index is -0.119. The minimum Gasteiger partial charge on any atom is -0.310 e. The van der Waals surface area contributed by atoms with Gasteiger partial charge in [0.1, 0.15) is 0 Å². The molecule has 1 heterocycles. The van der Waals surface area contributed by atoms with E-state index in [1.165, 1.54) is 88.8 Å². The number of aromatic nitrogens is 1. The van der Waals surface area contributed by atoms with Crippen LogP contribution in [0.1, 0.15) is 49.9 Å². The molecule has 0 radical (unpaired) electrons. The third-order valence-electron chi connectivity index (χ3n) is 12.8. The summed E-state index contributed by atoms with van der Waals surface area (Å²) >= 11 is 0. The molecule has 1 aromatic heterocycles. The van der Waals surface area contributed by atoms with Gasteiger partial charge in [-0.15, -0.1) is 0 Å². The van der Waals surface area contributed by atoms with Crippen molar-refractivity contribution in [2.75, 3.05) is 4.90 Å². The number of para-hydroxylation sites is 2. The molecule has 56 heavy (non-hydrogen) atoms. The van der Waals surface area contributed by atoms with Crippen LogP contribution in [0, 0.1) is 0 Å². The van der Waals surface area contributed by atoms with Crippen LogP contribution in [-0.2, 0) is 10.8 Å². The van der Waals surface area contributed by atoms with E-state index in [9.17, 15) is 0 Å². The molecule has 2 aliphatic rings. The minimum absolute atomic E-state index is 0.0712. The summed E-state index contributed by atoms with van der Waals surface area (Å²) in [5.41, 5.74) is 20.0. The molecule has 11 rings (SSSR count). The van der Waals surface area contributed by atoms with E-state index in [0.29, 0.717) is 0 Å². The second-order valence-corrected chi connectivity index (χ2v) is 16.5. The van der Waals surface area contributed by atoms with E-state index < -0.39 is 0 Å². The van der Waals surface area contributed by atoms with Gasteiger partial charge in [-0.2, -0.15) is 0 Å². The number of fused-ring (bicyclic) bond motifs is 9. The van der Waals surface area contributed by atoms with Gasteiger partial charge in [0, 0.05) is 44.1 Å². The Morgan fingerprint density at radius 2 is 0.964 bits per heavy atom. The summed E-state index contributed by atoms with van der Waals surface area (Å²) in [5.74, 6) is 0. The van der Waals surface area contributed by atoms with Gasteiger partial charge >= 0.3 is 0 Å². The second-order valence-electron chi connectivity index (χ2n) is 16.5. The van der Waals surface area contributed by atoms with Gasteiger partial charge in [0.2, 0.25) is 0 Å². The molecule has 2 aliphatic carbocycles. The second kappa shape index (κ2) is 11.9. The van der Waals surface area contributed by atoms with Crippen molar-refractivity contribution in [3.05, 3.63) is 204 Å². The summed E-state index contributed by atoms with van der Waals surface area (Å²) in [4.78, 5) is 2.52. The Morgan fingerprint density at radius 1 is 0.393 bits per heavy atom. The predicted molar refractivity (Wildman–Crippen MR) is 236 cm³/mol. The lowest BCUT2D eigenvalue weighted by Gasteiger charge is -2.30. The molecule has 0 fully saturated rings. The molecule has 0 saturated carbocycles. The summed E-state index contributed by atoms with van der Waals surface area (Å²) < 4.78 is 2.48. The number of nitrogens with zero attached hydrogens (tertiary/aromatic N) is 2. The monoisotopic (exact) mass is 718 g/mol. The quantitative estimate of drug-likeness (QED) is 0.172. The van der Waals surface area contributed by atoms with Crippen LogP contribution < -0.4 is 4.90 Å². The third-order valence-corrected chi connectivity index (χ3v) is 12.8. The van der Waals surface area contributed by atoms with Gasteiger partial charge in [-0.25, -0.2) is 0 Å². The number of rotatable bonds is 5. The standard InChI is InChI=1S/C54H42N2/c1-53(2)44-23-12-8-20-39(44)43-33-36(30-32-46(43)53)55(50-28-16-25-47-52(50)42-22-9-13-24-45(42)54(47,3)4)37-29-31-41-40-21-11-15-27-49(40)56(51(41)34-37)48-26-14-10-19-38(48)35-17-6-5-7-18-35/h5-34H,1-4H3. The predicted octanol–water partition coefficient (Wildman–Crippen LogP) is 14.5. The van der Waals surface area contributed by atoms with Gasteiger partial charge in [0.05, 0.1) is 22.4 Å². The average Bonchev–Trinajstić information content (AvgIpc) is 3.78. The zero-order valence-corrected chi connectivity index (χ0v) is 32.2. The maximum absolute atomic E-state index is 2.52. The van der Waals surface area contributed by atoms with Crippen LogP contribution in [0.15, 0.2) is 182 Å². The molecule has 268 valence electrons. The Balaban J connectivity index is 1.21. The third kappa shape index (κ3) is 4.56. The van der Waals surface area contributed by atoms with Crippen molar-refractivity contribution in [2.45, 2.75) is 38.5 Å². The first-order valence-electron chi connectivity index (χ1n) is 19.8. The average molecular weight is 719 g/mol. The van der Waals surface area contributed by atoms with E-state index >= 15 is 0 Å². The number of hydrogen-bond donors (Lipinski definition) is 0. The molecule has 0 saturated heterocycles. The van der Waals surface area contributed by atoms with Crippen LogP contribution in [0.3, 0.4) is 0 Å². The first-order valence-corrected chi connectivity index (χ1v) is 19.8. The van der Waals surface area contributed by atoms with Crippen molar-refractivity contribution in [1.29, 1.82) is 0 Å². The maximum atomic E-state index is 2.52. The smallest absolute Gasteiger partial charge is 0.0562 e. The Labute approximate surface area is 328 Å². The van der Waals surface area contributed by atoms with Crippen molar-refractivity contribution in [1.82, 2.24) is 4.57 Å². The molecular formula is C54H42N2. The molecule has 2 heteroatoms. The van der Waals surface area contributed by atoms with Crippen LogP contribution in [0.25, 0.3) is 60.9 Å². The molecule has 0 unspecified atom stereocenters. The molecule has 2 nitrogen and oxygen atoms in total. The van der Waals surface area contributed by atoms with Crippen molar-refractivity contribution < 1.29 is 0 Å².